The van der Waals surface area contributed by atoms with Crippen LogP contribution in [0.25, 0.3) is 22.0 Å². The van der Waals surface area contributed by atoms with Crippen LogP contribution >= 0.6 is 0 Å². The lowest BCUT2D eigenvalue weighted by atomic mass is 9.94. The first-order valence-electron chi connectivity index (χ1n) is 8.84. The minimum atomic E-state index is -0.351. The van der Waals surface area contributed by atoms with Crippen LogP contribution in [0.5, 0.6) is 0 Å². The van der Waals surface area contributed by atoms with Gasteiger partial charge in [-0.15, -0.1) is 0 Å². The summed E-state index contributed by atoms with van der Waals surface area (Å²) >= 11 is 0. The number of anilines is 2. The van der Waals surface area contributed by atoms with Crippen molar-refractivity contribution in [1.29, 1.82) is 5.26 Å². The number of nitrogens with one attached hydrogen (secondary N) is 1. The van der Waals surface area contributed by atoms with Crippen molar-refractivity contribution in [2.24, 2.45) is 0 Å². The summed E-state index contributed by atoms with van der Waals surface area (Å²) in [5, 5.41) is 13.4. The second kappa shape index (κ2) is 7.48. The van der Waals surface area contributed by atoms with E-state index < -0.39 is 0 Å². The summed E-state index contributed by atoms with van der Waals surface area (Å²) in [4.78, 5) is 16.6. The summed E-state index contributed by atoms with van der Waals surface area (Å²) in [6, 6.07) is 10.0. The van der Waals surface area contributed by atoms with Gasteiger partial charge >= 0.3 is 0 Å². The van der Waals surface area contributed by atoms with Gasteiger partial charge in [-0.3, -0.25) is 9.97 Å². The smallest absolute Gasteiger partial charge is 0.150 e. The summed E-state index contributed by atoms with van der Waals surface area (Å²) in [5.74, 6) is 0.0943. The molecule has 3 heterocycles. The summed E-state index contributed by atoms with van der Waals surface area (Å²) in [5.41, 5.74) is 9.11. The first kappa shape index (κ1) is 18.3. The largest absolute Gasteiger partial charge is 0.382 e. The number of nitrogens with zero attached hydrogens (tertiary/aromatic N) is 5. The van der Waals surface area contributed by atoms with Gasteiger partial charge in [-0.25, -0.2) is 14.4 Å². The molecule has 0 radical (unpaired) electrons. The third kappa shape index (κ3) is 3.41. The Bertz CT molecular complexity index is 1240. The summed E-state index contributed by atoms with van der Waals surface area (Å²) < 4.78 is 13.7. The molecule has 0 saturated carbocycles. The molecular formula is C21H16FN7. The van der Waals surface area contributed by atoms with E-state index in [1.165, 1.54) is 18.5 Å². The van der Waals surface area contributed by atoms with E-state index in [1.54, 1.807) is 24.7 Å². The van der Waals surface area contributed by atoms with Gasteiger partial charge in [0, 0.05) is 41.2 Å². The van der Waals surface area contributed by atoms with Crippen molar-refractivity contribution >= 4 is 22.5 Å². The van der Waals surface area contributed by atoms with Gasteiger partial charge < -0.3 is 11.1 Å². The second-order valence-corrected chi connectivity index (χ2v) is 6.45. The minimum absolute atomic E-state index is 0.108. The van der Waals surface area contributed by atoms with Crippen molar-refractivity contribution in [3.8, 4) is 17.2 Å². The Kier molecular flexibility index (Phi) is 4.71. The zero-order valence-corrected chi connectivity index (χ0v) is 15.5. The molecule has 0 amide bonds. The molecule has 0 unspecified atom stereocenters. The van der Waals surface area contributed by atoms with Crippen LogP contribution in [0.15, 0.2) is 55.2 Å². The molecule has 3 aromatic heterocycles. The lowest BCUT2D eigenvalue weighted by molar-refractivity contribution is 0.629. The first-order valence-corrected chi connectivity index (χ1v) is 8.84. The predicted octanol–water partition coefficient (Wildman–Crippen LogP) is 3.85. The Hall–Kier alpha value is -4.12. The number of aromatic nitrogens is 4. The molecule has 0 saturated heterocycles. The number of nitrogens with two attached hydrogens (primary N) is 1. The molecule has 0 spiro atoms. The van der Waals surface area contributed by atoms with Crippen LogP contribution in [0.4, 0.5) is 16.0 Å². The van der Waals surface area contributed by atoms with Crippen LogP contribution in [-0.2, 0) is 0 Å². The Morgan fingerprint density at radius 3 is 2.79 bits per heavy atom. The van der Waals surface area contributed by atoms with Gasteiger partial charge in [0.15, 0.2) is 0 Å². The summed E-state index contributed by atoms with van der Waals surface area (Å²) in [6.45, 7) is 1.92. The number of nitriles is 1. The highest BCUT2D eigenvalue weighted by molar-refractivity contribution is 5.96. The highest BCUT2D eigenvalue weighted by Crippen LogP contribution is 2.35. The first-order chi connectivity index (χ1) is 14.1. The fraction of sp³-hybridized carbons (Fsp3) is 0.0952. The van der Waals surface area contributed by atoms with Gasteiger partial charge in [0.05, 0.1) is 11.6 Å². The van der Waals surface area contributed by atoms with E-state index in [9.17, 15) is 9.65 Å². The normalized spacial score (nSPS) is 11.8. The van der Waals surface area contributed by atoms with Crippen molar-refractivity contribution in [1.82, 2.24) is 19.9 Å². The van der Waals surface area contributed by atoms with E-state index in [0.717, 1.165) is 22.1 Å². The number of fused-ring (bicyclic) bond motifs is 1. The third-order valence-corrected chi connectivity index (χ3v) is 4.62. The van der Waals surface area contributed by atoms with Gasteiger partial charge in [-0.1, -0.05) is 6.07 Å². The minimum Gasteiger partial charge on any atom is -0.382 e. The van der Waals surface area contributed by atoms with E-state index in [1.807, 2.05) is 25.1 Å². The number of nitrogen functional groups attached to an aromatic ring is 1. The quantitative estimate of drug-likeness (QED) is 0.548. The molecule has 0 aliphatic rings. The molecule has 142 valence electrons. The highest BCUT2D eigenvalue weighted by atomic mass is 19.1. The molecule has 4 rings (SSSR count). The number of rotatable bonds is 4. The van der Waals surface area contributed by atoms with E-state index >= 15 is 0 Å². The number of benzene rings is 1. The number of hydrogen-bond acceptors (Lipinski definition) is 7. The molecule has 0 bridgehead atoms. The highest BCUT2D eigenvalue weighted by Gasteiger charge is 2.19. The maximum atomic E-state index is 13.7. The van der Waals surface area contributed by atoms with Crippen molar-refractivity contribution in [2.75, 3.05) is 11.1 Å². The fourth-order valence-corrected chi connectivity index (χ4v) is 3.24. The Labute approximate surface area is 166 Å². The van der Waals surface area contributed by atoms with E-state index in [2.05, 4.69) is 25.3 Å². The molecule has 0 aliphatic heterocycles. The van der Waals surface area contributed by atoms with Gasteiger partial charge in [0.2, 0.25) is 0 Å². The van der Waals surface area contributed by atoms with Crippen LogP contribution in [0.2, 0.25) is 0 Å². The maximum absolute atomic E-state index is 13.7. The molecular weight excluding hydrogens is 369 g/mol. The monoisotopic (exact) mass is 385 g/mol. The zero-order chi connectivity index (χ0) is 20.4. The Balaban J connectivity index is 1.87. The molecule has 8 heteroatoms. The van der Waals surface area contributed by atoms with Gasteiger partial charge in [-0.2, -0.15) is 5.26 Å². The summed E-state index contributed by atoms with van der Waals surface area (Å²) in [7, 11) is 0. The fourth-order valence-electron chi connectivity index (χ4n) is 3.24. The van der Waals surface area contributed by atoms with Crippen molar-refractivity contribution in [3.63, 3.8) is 0 Å². The molecule has 29 heavy (non-hydrogen) atoms. The van der Waals surface area contributed by atoms with Crippen molar-refractivity contribution in [3.05, 3.63) is 72.2 Å². The second-order valence-electron chi connectivity index (χ2n) is 6.45. The molecule has 4 aromatic rings. The SMILES string of the molecule is C[C@@H](Nc1ncnc(N)c1C#N)c1cnc2cc(F)ccc2c1-c1cccnc1. The van der Waals surface area contributed by atoms with E-state index in [-0.39, 0.29) is 23.2 Å². The molecule has 0 fully saturated rings. The molecule has 1 aromatic carbocycles. The van der Waals surface area contributed by atoms with E-state index in [4.69, 9.17) is 5.73 Å². The van der Waals surface area contributed by atoms with Crippen LogP contribution in [0.3, 0.4) is 0 Å². The van der Waals surface area contributed by atoms with Crippen LogP contribution in [0, 0.1) is 17.1 Å². The average molecular weight is 385 g/mol. The van der Waals surface area contributed by atoms with Crippen molar-refractivity contribution in [2.45, 2.75) is 13.0 Å². The summed E-state index contributed by atoms with van der Waals surface area (Å²) in [6.07, 6.45) is 6.43. The van der Waals surface area contributed by atoms with Crippen LogP contribution < -0.4 is 11.1 Å². The topological polar surface area (TPSA) is 113 Å². The Morgan fingerprint density at radius 1 is 1.17 bits per heavy atom. The van der Waals surface area contributed by atoms with E-state index in [0.29, 0.717) is 11.3 Å². The third-order valence-electron chi connectivity index (χ3n) is 4.62. The van der Waals surface area contributed by atoms with Gasteiger partial charge in [0.1, 0.15) is 35.4 Å². The molecule has 0 aliphatic carbocycles. The number of hydrogen-bond donors (Lipinski definition) is 2. The lowest BCUT2D eigenvalue weighted by Crippen LogP contribution is -2.12. The number of halogens is 1. The van der Waals surface area contributed by atoms with Crippen LogP contribution in [-0.4, -0.2) is 19.9 Å². The molecule has 1 atom stereocenters. The lowest BCUT2D eigenvalue weighted by Gasteiger charge is -2.20. The Morgan fingerprint density at radius 2 is 2.03 bits per heavy atom. The molecule has 3 N–H and O–H groups in total. The van der Waals surface area contributed by atoms with Crippen LogP contribution in [0.1, 0.15) is 24.1 Å². The van der Waals surface area contributed by atoms with Gasteiger partial charge in [-0.05, 0) is 30.7 Å². The maximum Gasteiger partial charge on any atom is 0.150 e. The predicted molar refractivity (Wildman–Crippen MR) is 108 cm³/mol. The standard InChI is InChI=1S/C21H16FN7/c1-12(29-21-16(8-23)20(24)27-11-28-21)17-10-26-18-7-14(22)4-5-15(18)19(17)13-3-2-6-25-9-13/h2-7,9-12H,1H3,(H3,24,27,28,29)/t12-/m1/s1. The average Bonchev–Trinajstić information content (AvgIpc) is 2.73. The zero-order valence-electron chi connectivity index (χ0n) is 15.5. The number of pyridine rings is 2. The van der Waals surface area contributed by atoms with Crippen molar-refractivity contribution < 1.29 is 4.39 Å². The molecule has 7 nitrogen and oxygen atoms in total. The van der Waals surface area contributed by atoms with Gasteiger partial charge in [0.25, 0.3) is 0 Å².